The molecule has 0 aliphatic carbocycles. The number of aryl methyl sites for hydroxylation is 1. The molecule has 2 amide bonds. The van der Waals surface area contributed by atoms with Gasteiger partial charge in [-0.25, -0.2) is 9.50 Å². The van der Waals surface area contributed by atoms with E-state index in [9.17, 15) is 4.79 Å². The van der Waals surface area contributed by atoms with Gasteiger partial charge < -0.3 is 11.1 Å². The maximum atomic E-state index is 12.3. The maximum absolute atomic E-state index is 12.3. The average Bonchev–Trinajstić information content (AvgIpc) is 3.32. The van der Waals surface area contributed by atoms with Gasteiger partial charge in [0.1, 0.15) is 0 Å². The van der Waals surface area contributed by atoms with E-state index in [1.807, 2.05) is 62.6 Å². The molecule has 3 heterocycles. The van der Waals surface area contributed by atoms with E-state index >= 15 is 0 Å². The number of pyridine rings is 1. The van der Waals surface area contributed by atoms with Crippen molar-refractivity contribution in [2.24, 2.45) is 12.8 Å². The average molecular weight is 391 g/mol. The van der Waals surface area contributed by atoms with Crippen molar-refractivity contribution < 1.29 is 9.59 Å². The summed E-state index contributed by atoms with van der Waals surface area (Å²) in [6, 6.07) is 13.7. The van der Waals surface area contributed by atoms with Crippen molar-refractivity contribution >= 4 is 18.0 Å². The fourth-order valence-corrected chi connectivity index (χ4v) is 2.94. The van der Waals surface area contributed by atoms with Crippen molar-refractivity contribution in [3.8, 4) is 22.6 Å². The second-order valence-corrected chi connectivity index (χ2v) is 6.05. The Balaban J connectivity index is 0.000000755. The van der Waals surface area contributed by atoms with Crippen LogP contribution in [0.25, 0.3) is 28.3 Å². The van der Waals surface area contributed by atoms with Crippen molar-refractivity contribution in [3.05, 3.63) is 60.4 Å². The van der Waals surface area contributed by atoms with Crippen molar-refractivity contribution in [3.63, 3.8) is 0 Å². The molecule has 0 radical (unpaired) electrons. The molecule has 9 nitrogen and oxygen atoms in total. The van der Waals surface area contributed by atoms with Crippen molar-refractivity contribution in [2.75, 3.05) is 6.54 Å². The van der Waals surface area contributed by atoms with Gasteiger partial charge in [-0.2, -0.15) is 5.10 Å². The van der Waals surface area contributed by atoms with E-state index in [0.29, 0.717) is 23.6 Å². The third kappa shape index (κ3) is 4.13. The second kappa shape index (κ2) is 8.79. The molecule has 0 unspecified atom stereocenters. The predicted octanol–water partition coefficient (Wildman–Crippen LogP) is 1.65. The normalized spacial score (nSPS) is 10.3. The van der Waals surface area contributed by atoms with Gasteiger partial charge in [-0.15, -0.1) is 5.10 Å². The largest absolute Gasteiger partial charge is 0.372 e. The number of benzene rings is 1. The number of fused-ring (bicyclic) bond motifs is 1. The molecule has 0 bridgehead atoms. The lowest BCUT2D eigenvalue weighted by Crippen LogP contribution is -2.23. The Morgan fingerprint density at radius 1 is 1.21 bits per heavy atom. The minimum absolute atomic E-state index is 0.137. The standard InChI is InChI=1S/C19H18N6O.CH3NO/c1-3-20-19(26)15-12-21-24(2)17(15)14-9-10-25-16(11-14)22-18(23-25)13-7-5-4-6-8-13;2-1-3/h4-12H,3H2,1-2H3,(H,20,26);1H,(H2,2,3). The van der Waals surface area contributed by atoms with Gasteiger partial charge in [0.2, 0.25) is 6.41 Å². The summed E-state index contributed by atoms with van der Waals surface area (Å²) in [6.45, 7) is 2.46. The molecule has 29 heavy (non-hydrogen) atoms. The Hall–Kier alpha value is -4.01. The van der Waals surface area contributed by atoms with E-state index in [-0.39, 0.29) is 12.3 Å². The summed E-state index contributed by atoms with van der Waals surface area (Å²) in [5, 5.41) is 11.6. The lowest BCUT2D eigenvalue weighted by Gasteiger charge is -2.06. The van der Waals surface area contributed by atoms with Crippen LogP contribution in [0.4, 0.5) is 0 Å². The van der Waals surface area contributed by atoms with Gasteiger partial charge in [0.05, 0.1) is 17.5 Å². The molecule has 0 spiro atoms. The zero-order valence-electron chi connectivity index (χ0n) is 16.1. The van der Waals surface area contributed by atoms with Gasteiger partial charge in [0, 0.05) is 30.9 Å². The number of amides is 2. The molecule has 0 aliphatic rings. The lowest BCUT2D eigenvalue weighted by molar-refractivity contribution is -0.106. The SMILES string of the molecule is CCNC(=O)c1cnn(C)c1-c1ccn2nc(-c3ccccc3)nc2c1.NC=O. The monoisotopic (exact) mass is 391 g/mol. The van der Waals surface area contributed by atoms with Crippen LogP contribution < -0.4 is 11.1 Å². The Morgan fingerprint density at radius 3 is 2.62 bits per heavy atom. The molecule has 1 aromatic carbocycles. The molecule has 3 N–H and O–H groups in total. The van der Waals surface area contributed by atoms with Crippen LogP contribution in [0.15, 0.2) is 54.9 Å². The molecule has 0 fully saturated rings. The van der Waals surface area contributed by atoms with Gasteiger partial charge in [0.15, 0.2) is 11.5 Å². The molecule has 3 aromatic heterocycles. The number of nitrogens with one attached hydrogen (secondary N) is 1. The van der Waals surface area contributed by atoms with Crippen LogP contribution in [0.5, 0.6) is 0 Å². The Kier molecular flexibility index (Phi) is 5.98. The molecule has 9 heteroatoms. The number of nitrogens with two attached hydrogens (primary N) is 1. The number of nitrogens with zero attached hydrogens (tertiary/aromatic N) is 5. The molecule has 0 atom stereocenters. The minimum atomic E-state index is -0.137. The van der Waals surface area contributed by atoms with Crippen LogP contribution in [-0.4, -0.2) is 43.2 Å². The molecule has 148 valence electrons. The predicted molar refractivity (Wildman–Crippen MR) is 109 cm³/mol. The van der Waals surface area contributed by atoms with E-state index < -0.39 is 0 Å². The van der Waals surface area contributed by atoms with E-state index in [4.69, 9.17) is 4.79 Å². The Morgan fingerprint density at radius 2 is 1.93 bits per heavy atom. The number of carbonyl (C=O) groups is 2. The number of carbonyl (C=O) groups excluding carboxylic acids is 2. The van der Waals surface area contributed by atoms with Gasteiger partial charge in [0.25, 0.3) is 5.91 Å². The first-order chi connectivity index (χ1) is 14.1. The highest BCUT2D eigenvalue weighted by Gasteiger charge is 2.18. The molecule has 4 rings (SSSR count). The van der Waals surface area contributed by atoms with E-state index in [2.05, 4.69) is 26.2 Å². The third-order valence-corrected chi connectivity index (χ3v) is 4.16. The molecule has 0 aliphatic heterocycles. The lowest BCUT2D eigenvalue weighted by atomic mass is 10.1. The topological polar surface area (TPSA) is 120 Å². The summed E-state index contributed by atoms with van der Waals surface area (Å²) >= 11 is 0. The highest BCUT2D eigenvalue weighted by molar-refractivity contribution is 6.00. The summed E-state index contributed by atoms with van der Waals surface area (Å²) in [5.41, 5.74) is 8.00. The molecule has 0 saturated carbocycles. The first-order valence-electron chi connectivity index (χ1n) is 8.96. The fraction of sp³-hybridized carbons (Fsp3) is 0.150. The first-order valence-corrected chi connectivity index (χ1v) is 8.96. The van der Waals surface area contributed by atoms with Gasteiger partial charge in [-0.05, 0) is 19.1 Å². The summed E-state index contributed by atoms with van der Waals surface area (Å²) in [5.74, 6) is 0.527. The summed E-state index contributed by atoms with van der Waals surface area (Å²) in [7, 11) is 1.82. The van der Waals surface area contributed by atoms with Crippen molar-refractivity contribution in [2.45, 2.75) is 6.92 Å². The van der Waals surface area contributed by atoms with Crippen LogP contribution >= 0.6 is 0 Å². The van der Waals surface area contributed by atoms with Gasteiger partial charge in [-0.3, -0.25) is 14.3 Å². The van der Waals surface area contributed by atoms with Crippen molar-refractivity contribution in [1.82, 2.24) is 29.7 Å². The van der Waals surface area contributed by atoms with Crippen LogP contribution in [0, 0.1) is 0 Å². The van der Waals surface area contributed by atoms with Crippen molar-refractivity contribution in [1.29, 1.82) is 0 Å². The number of hydrogen-bond acceptors (Lipinski definition) is 5. The van der Waals surface area contributed by atoms with E-state index in [1.54, 1.807) is 15.4 Å². The number of aromatic nitrogens is 5. The minimum Gasteiger partial charge on any atom is -0.372 e. The van der Waals surface area contributed by atoms with E-state index in [1.165, 1.54) is 0 Å². The van der Waals surface area contributed by atoms with Crippen LogP contribution in [0.2, 0.25) is 0 Å². The smallest absolute Gasteiger partial charge is 0.255 e. The highest BCUT2D eigenvalue weighted by atomic mass is 16.1. The van der Waals surface area contributed by atoms with Gasteiger partial charge >= 0.3 is 0 Å². The zero-order chi connectivity index (χ0) is 20.8. The Labute approximate surface area is 167 Å². The summed E-state index contributed by atoms with van der Waals surface area (Å²) < 4.78 is 3.43. The van der Waals surface area contributed by atoms with E-state index in [0.717, 1.165) is 16.8 Å². The fourth-order valence-electron chi connectivity index (χ4n) is 2.94. The number of rotatable bonds is 4. The quantitative estimate of drug-likeness (QED) is 0.513. The molecule has 0 saturated heterocycles. The number of primary amides is 1. The third-order valence-electron chi connectivity index (χ3n) is 4.16. The molecular formula is C20H21N7O2. The summed E-state index contributed by atoms with van der Waals surface area (Å²) in [4.78, 5) is 25.5. The molecular weight excluding hydrogens is 370 g/mol. The Bertz CT molecular complexity index is 1130. The summed E-state index contributed by atoms with van der Waals surface area (Å²) in [6.07, 6.45) is 3.68. The van der Waals surface area contributed by atoms with Gasteiger partial charge in [-0.1, -0.05) is 30.3 Å². The zero-order valence-corrected chi connectivity index (χ0v) is 16.1. The number of hydrogen-bond donors (Lipinski definition) is 2. The van der Waals surface area contributed by atoms with Crippen LogP contribution in [0.1, 0.15) is 17.3 Å². The maximum Gasteiger partial charge on any atom is 0.255 e. The van der Waals surface area contributed by atoms with Crippen LogP contribution in [0.3, 0.4) is 0 Å². The molecule has 4 aromatic rings. The highest BCUT2D eigenvalue weighted by Crippen LogP contribution is 2.25. The second-order valence-electron chi connectivity index (χ2n) is 6.05. The van der Waals surface area contributed by atoms with Crippen LogP contribution in [-0.2, 0) is 11.8 Å². The first kappa shape index (κ1) is 19.7.